The number of benzene rings is 1. The second-order valence-electron chi connectivity index (χ2n) is 5.70. The fourth-order valence-corrected chi connectivity index (χ4v) is 1.82. The maximum Gasteiger partial charge on any atom is 0.334 e. The van der Waals surface area contributed by atoms with Gasteiger partial charge in [0.2, 0.25) is 5.91 Å². The summed E-state index contributed by atoms with van der Waals surface area (Å²) in [6, 6.07) is 6.95. The lowest BCUT2D eigenvalue weighted by Crippen LogP contribution is -2.47. The zero-order valence-electron chi connectivity index (χ0n) is 12.3. The minimum Gasteiger partial charge on any atom is -0.350 e. The van der Waals surface area contributed by atoms with Crippen molar-refractivity contribution in [3.8, 4) is 0 Å². The normalized spacial score (nSPS) is 11.2. The molecular weight excluding hydrogens is 270 g/mol. The molecule has 21 heavy (non-hydrogen) atoms. The van der Waals surface area contributed by atoms with Gasteiger partial charge in [-0.15, -0.1) is 0 Å². The van der Waals surface area contributed by atoms with Crippen molar-refractivity contribution in [2.45, 2.75) is 26.3 Å². The van der Waals surface area contributed by atoms with Gasteiger partial charge >= 0.3 is 6.03 Å². The van der Waals surface area contributed by atoms with Crippen LogP contribution in [-0.4, -0.2) is 33.7 Å². The number of hydrogen-bond acceptors (Lipinski definition) is 3. The number of para-hydroxylation sites is 2. The van der Waals surface area contributed by atoms with Crippen molar-refractivity contribution in [2.75, 3.05) is 12.0 Å². The Morgan fingerprint density at radius 3 is 2.67 bits per heavy atom. The van der Waals surface area contributed by atoms with E-state index in [4.69, 9.17) is 0 Å². The Morgan fingerprint density at radius 2 is 1.95 bits per heavy atom. The maximum absolute atomic E-state index is 11.8. The molecule has 3 amide bonds. The van der Waals surface area contributed by atoms with E-state index < -0.39 is 6.03 Å². The van der Waals surface area contributed by atoms with Crippen LogP contribution < -0.4 is 16.1 Å². The van der Waals surface area contributed by atoms with Crippen LogP contribution in [0.2, 0.25) is 0 Å². The molecule has 0 spiro atoms. The Kier molecular flexibility index (Phi) is 4.11. The van der Waals surface area contributed by atoms with E-state index in [2.05, 4.69) is 21.0 Å². The number of imidazole rings is 1. The number of amides is 3. The van der Waals surface area contributed by atoms with E-state index in [1.807, 2.05) is 45.0 Å². The lowest BCUT2D eigenvalue weighted by atomic mass is 10.1. The number of nitrogens with one attached hydrogen (secondary N) is 3. The van der Waals surface area contributed by atoms with Gasteiger partial charge in [0.05, 0.1) is 17.6 Å². The number of rotatable bonds is 3. The topological polar surface area (TPSA) is 88.0 Å². The summed E-state index contributed by atoms with van der Waals surface area (Å²) in [5.74, 6) is -0.242. The molecule has 1 aromatic heterocycles. The van der Waals surface area contributed by atoms with Crippen LogP contribution in [0.4, 0.5) is 4.79 Å². The zero-order valence-corrected chi connectivity index (χ0v) is 12.3. The molecule has 0 unspecified atom stereocenters. The standard InChI is InChI=1S/C14H19N5O2/c1-14(2,3)17-12(20)8-15-13(21)18-19-9-16-10-6-4-5-7-11(10)19/h4-7,9H,8H2,1-3H3,(H,17,20)(H2,15,18,21). The van der Waals surface area contributed by atoms with E-state index in [1.54, 1.807) is 0 Å². The van der Waals surface area contributed by atoms with E-state index in [1.165, 1.54) is 11.0 Å². The van der Waals surface area contributed by atoms with Gasteiger partial charge in [-0.1, -0.05) is 12.1 Å². The van der Waals surface area contributed by atoms with E-state index in [0.717, 1.165) is 11.0 Å². The number of hydrogen-bond donors (Lipinski definition) is 3. The molecule has 0 saturated carbocycles. The summed E-state index contributed by atoms with van der Waals surface area (Å²) in [7, 11) is 0. The third-order valence-electron chi connectivity index (χ3n) is 2.60. The molecule has 2 aromatic rings. The van der Waals surface area contributed by atoms with Crippen LogP contribution in [0.15, 0.2) is 30.6 Å². The van der Waals surface area contributed by atoms with Crippen LogP contribution in [0.3, 0.4) is 0 Å². The number of fused-ring (bicyclic) bond motifs is 1. The van der Waals surface area contributed by atoms with Crippen molar-refractivity contribution >= 4 is 23.0 Å². The molecule has 7 nitrogen and oxygen atoms in total. The molecule has 0 aliphatic heterocycles. The van der Waals surface area contributed by atoms with Gasteiger partial charge in [0, 0.05) is 5.54 Å². The Balaban J connectivity index is 1.89. The van der Waals surface area contributed by atoms with Crippen molar-refractivity contribution in [1.82, 2.24) is 20.3 Å². The van der Waals surface area contributed by atoms with E-state index >= 15 is 0 Å². The quantitative estimate of drug-likeness (QED) is 0.793. The maximum atomic E-state index is 11.8. The van der Waals surface area contributed by atoms with Gasteiger partial charge < -0.3 is 10.6 Å². The molecule has 0 radical (unpaired) electrons. The Bertz CT molecular complexity index is 657. The van der Waals surface area contributed by atoms with Gasteiger partial charge in [-0.3, -0.25) is 4.79 Å². The molecule has 0 aliphatic rings. The number of urea groups is 1. The van der Waals surface area contributed by atoms with E-state index in [-0.39, 0.29) is 18.0 Å². The average molecular weight is 289 g/mol. The minimum absolute atomic E-state index is 0.0876. The first-order valence-corrected chi connectivity index (χ1v) is 6.63. The van der Waals surface area contributed by atoms with Gasteiger partial charge in [0.15, 0.2) is 0 Å². The van der Waals surface area contributed by atoms with Crippen molar-refractivity contribution in [3.05, 3.63) is 30.6 Å². The average Bonchev–Trinajstić information content (AvgIpc) is 2.78. The summed E-state index contributed by atoms with van der Waals surface area (Å²) in [6.07, 6.45) is 1.51. The molecule has 3 N–H and O–H groups in total. The first-order valence-electron chi connectivity index (χ1n) is 6.63. The summed E-state index contributed by atoms with van der Waals surface area (Å²) in [5, 5.41) is 5.26. The second-order valence-corrected chi connectivity index (χ2v) is 5.70. The highest BCUT2D eigenvalue weighted by atomic mass is 16.2. The van der Waals surface area contributed by atoms with Crippen LogP contribution >= 0.6 is 0 Å². The Hall–Kier alpha value is -2.57. The van der Waals surface area contributed by atoms with Crippen molar-refractivity contribution < 1.29 is 9.59 Å². The lowest BCUT2D eigenvalue weighted by Gasteiger charge is -2.20. The van der Waals surface area contributed by atoms with Crippen LogP contribution in [-0.2, 0) is 4.79 Å². The Morgan fingerprint density at radius 1 is 1.24 bits per heavy atom. The third-order valence-corrected chi connectivity index (χ3v) is 2.60. The summed E-state index contributed by atoms with van der Waals surface area (Å²) in [6.45, 7) is 5.55. The highest BCUT2D eigenvalue weighted by Gasteiger charge is 2.14. The van der Waals surface area contributed by atoms with Crippen molar-refractivity contribution in [2.24, 2.45) is 0 Å². The molecule has 0 saturated heterocycles. The first kappa shape index (κ1) is 14.8. The van der Waals surface area contributed by atoms with Gasteiger partial charge in [-0.05, 0) is 32.9 Å². The monoisotopic (exact) mass is 289 g/mol. The van der Waals surface area contributed by atoms with Crippen molar-refractivity contribution in [1.29, 1.82) is 0 Å². The second kappa shape index (κ2) is 5.82. The van der Waals surface area contributed by atoms with E-state index in [9.17, 15) is 9.59 Å². The highest BCUT2D eigenvalue weighted by Crippen LogP contribution is 2.09. The van der Waals surface area contributed by atoms with Gasteiger partial charge in [-0.2, -0.15) is 0 Å². The largest absolute Gasteiger partial charge is 0.350 e. The molecule has 0 aliphatic carbocycles. The molecule has 0 atom stereocenters. The predicted octanol–water partition coefficient (Wildman–Crippen LogP) is 1.20. The summed E-state index contributed by atoms with van der Waals surface area (Å²) in [4.78, 5) is 27.5. The minimum atomic E-state index is -0.470. The van der Waals surface area contributed by atoms with Crippen LogP contribution in [0, 0.1) is 0 Å². The van der Waals surface area contributed by atoms with Gasteiger partial charge in [-0.25, -0.2) is 19.9 Å². The summed E-state index contributed by atoms with van der Waals surface area (Å²) in [5.41, 5.74) is 3.85. The van der Waals surface area contributed by atoms with Crippen LogP contribution in [0.1, 0.15) is 20.8 Å². The first-order chi connectivity index (χ1) is 9.85. The fraction of sp³-hybridized carbons (Fsp3) is 0.357. The van der Waals surface area contributed by atoms with Gasteiger partial charge in [0.25, 0.3) is 0 Å². The molecule has 0 bridgehead atoms. The molecule has 7 heteroatoms. The van der Waals surface area contributed by atoms with Gasteiger partial charge in [0.1, 0.15) is 6.33 Å². The third kappa shape index (κ3) is 4.20. The SMILES string of the molecule is CC(C)(C)NC(=O)CNC(=O)Nn1cnc2ccccc21. The zero-order chi connectivity index (χ0) is 15.5. The number of nitrogens with zero attached hydrogens (tertiary/aromatic N) is 2. The molecular formula is C14H19N5O2. The molecule has 112 valence electrons. The predicted molar refractivity (Wildman–Crippen MR) is 80.4 cm³/mol. The van der Waals surface area contributed by atoms with Crippen molar-refractivity contribution in [3.63, 3.8) is 0 Å². The molecule has 1 heterocycles. The number of aromatic nitrogens is 2. The van der Waals surface area contributed by atoms with E-state index in [0.29, 0.717) is 0 Å². The van der Waals surface area contributed by atoms with Crippen LogP contribution in [0.25, 0.3) is 11.0 Å². The highest BCUT2D eigenvalue weighted by molar-refractivity contribution is 5.89. The molecule has 2 rings (SSSR count). The Labute approximate surface area is 122 Å². The smallest absolute Gasteiger partial charge is 0.334 e. The summed E-state index contributed by atoms with van der Waals surface area (Å²) >= 11 is 0. The number of carbonyl (C=O) groups is 2. The van der Waals surface area contributed by atoms with Crippen LogP contribution in [0.5, 0.6) is 0 Å². The lowest BCUT2D eigenvalue weighted by molar-refractivity contribution is -0.121. The summed E-state index contributed by atoms with van der Waals surface area (Å²) < 4.78 is 1.51. The number of carbonyl (C=O) groups excluding carboxylic acids is 2. The fourth-order valence-electron chi connectivity index (χ4n) is 1.82. The molecule has 1 aromatic carbocycles. The molecule has 0 fully saturated rings.